The summed E-state index contributed by atoms with van der Waals surface area (Å²) in [5, 5.41) is 0. The lowest BCUT2D eigenvalue weighted by Gasteiger charge is -2.22. The molecule has 0 heterocycles. The third-order valence-electron chi connectivity index (χ3n) is 2.28. The Kier molecular flexibility index (Phi) is 4.97. The maximum absolute atomic E-state index is 14.2. The second-order valence-electron chi connectivity index (χ2n) is 3.55. The van der Waals surface area contributed by atoms with Gasteiger partial charge in [-0.25, -0.2) is 4.39 Å². The third kappa shape index (κ3) is 4.44. The van der Waals surface area contributed by atoms with E-state index in [1.807, 2.05) is 42.5 Å². The number of halogens is 3. The summed E-state index contributed by atoms with van der Waals surface area (Å²) in [5.74, 6) is 0. The molecule has 0 aliphatic heterocycles. The highest BCUT2D eigenvalue weighted by Gasteiger charge is 2.27. The van der Waals surface area contributed by atoms with Gasteiger partial charge in [-0.15, -0.1) is 0 Å². The van der Waals surface area contributed by atoms with E-state index < -0.39 is 12.2 Å². The second kappa shape index (κ2) is 6.25. The maximum Gasteiger partial charge on any atom is 0.289 e. The van der Waals surface area contributed by atoms with E-state index in [9.17, 15) is 13.2 Å². The number of alkyl halides is 3. The molecule has 0 spiro atoms. The minimum absolute atomic E-state index is 0.438. The van der Waals surface area contributed by atoms with Gasteiger partial charge in [0.05, 0.1) is 0 Å². The highest BCUT2D eigenvalue weighted by molar-refractivity contribution is 5.32. The van der Waals surface area contributed by atoms with Crippen LogP contribution in [0.1, 0.15) is 12.0 Å². The van der Waals surface area contributed by atoms with Crippen LogP contribution in [0.15, 0.2) is 54.6 Å². The minimum atomic E-state index is -2.67. The Morgan fingerprint density at radius 1 is 1.12 bits per heavy atom. The van der Waals surface area contributed by atoms with E-state index >= 15 is 0 Å². The molecule has 1 aromatic carbocycles. The van der Waals surface area contributed by atoms with Crippen molar-refractivity contribution in [3.63, 3.8) is 0 Å². The number of allylic oxidation sites excluding steroid dienone is 4. The molecule has 92 valence electrons. The van der Waals surface area contributed by atoms with Crippen molar-refractivity contribution in [3.05, 3.63) is 60.2 Å². The second-order valence-corrected chi connectivity index (χ2v) is 3.55. The van der Waals surface area contributed by atoms with E-state index in [0.29, 0.717) is 6.42 Å². The van der Waals surface area contributed by atoms with Gasteiger partial charge in [-0.05, 0) is 11.6 Å². The van der Waals surface area contributed by atoms with E-state index in [1.165, 1.54) is 0 Å². The molecule has 1 aliphatic carbocycles. The van der Waals surface area contributed by atoms with Crippen LogP contribution < -0.4 is 5.73 Å². The summed E-state index contributed by atoms with van der Waals surface area (Å²) in [5.41, 5.74) is 3.21. The molecular weight excluding hydrogens is 227 g/mol. The van der Waals surface area contributed by atoms with E-state index in [-0.39, 0.29) is 0 Å². The van der Waals surface area contributed by atoms with Crippen LogP contribution in [0.3, 0.4) is 0 Å². The van der Waals surface area contributed by atoms with Gasteiger partial charge >= 0.3 is 0 Å². The molecule has 1 aliphatic rings. The first-order valence-corrected chi connectivity index (χ1v) is 5.17. The summed E-state index contributed by atoms with van der Waals surface area (Å²) in [6.45, 7) is -2.67. The molecule has 0 fully saturated rings. The summed E-state index contributed by atoms with van der Waals surface area (Å²) in [7, 11) is 0. The summed E-state index contributed by atoms with van der Waals surface area (Å²) in [6.07, 6.45) is 7.54. The molecule has 1 aromatic rings. The largest absolute Gasteiger partial charge is 0.289 e. The van der Waals surface area contributed by atoms with E-state index in [4.69, 9.17) is 0 Å². The molecule has 4 heteroatoms. The lowest BCUT2D eigenvalue weighted by atomic mass is 9.89. The zero-order valence-electron chi connectivity index (χ0n) is 9.19. The number of benzene rings is 1. The molecule has 1 atom stereocenters. The molecule has 0 bridgehead atoms. The van der Waals surface area contributed by atoms with Crippen LogP contribution >= 0.6 is 0 Å². The average Bonchev–Trinajstić information content (AvgIpc) is 2.30. The van der Waals surface area contributed by atoms with Crippen molar-refractivity contribution in [3.8, 4) is 0 Å². The van der Waals surface area contributed by atoms with Gasteiger partial charge in [0.1, 0.15) is 0 Å². The van der Waals surface area contributed by atoms with E-state index in [1.54, 1.807) is 12.2 Å². The number of hydrogen-bond donors (Lipinski definition) is 1. The van der Waals surface area contributed by atoms with Gasteiger partial charge in [-0.2, -0.15) is 8.78 Å². The van der Waals surface area contributed by atoms with Crippen LogP contribution in [0, 0.1) is 0 Å². The van der Waals surface area contributed by atoms with Crippen molar-refractivity contribution in [2.24, 2.45) is 5.73 Å². The number of hydrogen-bond acceptors (Lipinski definition) is 1. The molecule has 0 radical (unpaired) electrons. The van der Waals surface area contributed by atoms with Crippen molar-refractivity contribution in [1.29, 1.82) is 0 Å². The van der Waals surface area contributed by atoms with Gasteiger partial charge in [0, 0.05) is 6.42 Å². The quantitative estimate of drug-likeness (QED) is 0.748. The zero-order valence-corrected chi connectivity index (χ0v) is 9.19. The lowest BCUT2D eigenvalue weighted by molar-refractivity contribution is 0.157. The fraction of sp³-hybridized carbons (Fsp3) is 0.231. The van der Waals surface area contributed by atoms with Gasteiger partial charge < -0.3 is 0 Å². The molecule has 0 aromatic heterocycles. The van der Waals surface area contributed by atoms with Gasteiger partial charge in [0.15, 0.2) is 5.67 Å². The summed E-state index contributed by atoms with van der Waals surface area (Å²) in [4.78, 5) is 0. The Labute approximate surface area is 98.4 Å². The Morgan fingerprint density at radius 2 is 1.71 bits per heavy atom. The molecule has 2 rings (SSSR count). The molecule has 1 nitrogen and oxygen atoms in total. The molecule has 2 N–H and O–H groups in total. The lowest BCUT2D eigenvalue weighted by Crippen LogP contribution is -2.17. The minimum Gasteiger partial charge on any atom is -0.275 e. The number of rotatable bonds is 1. The molecular formula is C13H14F3N. The van der Waals surface area contributed by atoms with Crippen LogP contribution in [0.2, 0.25) is 0 Å². The SMILES string of the molecule is FC1(c2ccccc2)C=CC=CC1.NC(F)F. The van der Waals surface area contributed by atoms with Crippen LogP contribution in [-0.4, -0.2) is 6.55 Å². The highest BCUT2D eigenvalue weighted by Crippen LogP contribution is 2.33. The van der Waals surface area contributed by atoms with Gasteiger partial charge in [0.2, 0.25) is 0 Å². The van der Waals surface area contributed by atoms with Crippen molar-refractivity contribution in [1.82, 2.24) is 0 Å². The summed E-state index contributed by atoms with van der Waals surface area (Å²) in [6, 6.07) is 9.27. The molecule has 0 amide bonds. The van der Waals surface area contributed by atoms with Crippen LogP contribution in [-0.2, 0) is 5.67 Å². The van der Waals surface area contributed by atoms with Crippen molar-refractivity contribution in [2.75, 3.05) is 0 Å². The smallest absolute Gasteiger partial charge is 0.275 e. The third-order valence-corrected chi connectivity index (χ3v) is 2.28. The predicted molar refractivity (Wildman–Crippen MR) is 62.3 cm³/mol. The predicted octanol–water partition coefficient (Wildman–Crippen LogP) is 3.54. The van der Waals surface area contributed by atoms with Gasteiger partial charge in [-0.1, -0.05) is 48.6 Å². The Balaban J connectivity index is 0.000000317. The monoisotopic (exact) mass is 241 g/mol. The Morgan fingerprint density at radius 3 is 2.18 bits per heavy atom. The Bertz CT molecular complexity index is 384. The fourth-order valence-electron chi connectivity index (χ4n) is 1.52. The molecule has 0 saturated carbocycles. The van der Waals surface area contributed by atoms with Gasteiger partial charge in [0.25, 0.3) is 6.55 Å². The first-order chi connectivity index (χ1) is 8.04. The number of nitrogens with two attached hydrogens (primary N) is 1. The van der Waals surface area contributed by atoms with Crippen LogP contribution in [0.5, 0.6) is 0 Å². The van der Waals surface area contributed by atoms with E-state index in [0.717, 1.165) is 5.56 Å². The summed E-state index contributed by atoms with van der Waals surface area (Å²) < 4.78 is 34.4. The highest BCUT2D eigenvalue weighted by atomic mass is 19.3. The topological polar surface area (TPSA) is 26.0 Å². The maximum atomic E-state index is 14.2. The van der Waals surface area contributed by atoms with Crippen LogP contribution in [0.25, 0.3) is 0 Å². The molecule has 17 heavy (non-hydrogen) atoms. The van der Waals surface area contributed by atoms with Crippen molar-refractivity contribution < 1.29 is 13.2 Å². The average molecular weight is 241 g/mol. The van der Waals surface area contributed by atoms with E-state index in [2.05, 4.69) is 5.73 Å². The normalized spacial score (nSPS) is 22.2. The fourth-order valence-corrected chi connectivity index (χ4v) is 1.52. The first kappa shape index (κ1) is 13.5. The van der Waals surface area contributed by atoms with Crippen LogP contribution in [0.4, 0.5) is 13.2 Å². The van der Waals surface area contributed by atoms with Crippen molar-refractivity contribution in [2.45, 2.75) is 18.6 Å². The van der Waals surface area contributed by atoms with Crippen molar-refractivity contribution >= 4 is 0 Å². The van der Waals surface area contributed by atoms with Gasteiger partial charge in [-0.3, -0.25) is 5.73 Å². The standard InChI is InChI=1S/C12H11F.CH3F2N/c13-12(9-5-2-6-10-12)11-7-3-1-4-8-11;2-1(3)4/h1-9H,10H2;1H,4H2. The molecule has 1 unspecified atom stereocenters. The first-order valence-electron chi connectivity index (χ1n) is 5.17. The molecule has 0 saturated heterocycles. The Hall–Kier alpha value is -1.55. The summed E-state index contributed by atoms with van der Waals surface area (Å²) >= 11 is 0. The zero-order chi connectivity index (χ0) is 12.7.